The predicted octanol–water partition coefficient (Wildman–Crippen LogP) is -0.804. The summed E-state index contributed by atoms with van der Waals surface area (Å²) in [6.45, 7) is 2.76. The lowest BCUT2D eigenvalue weighted by Crippen LogP contribution is -2.40. The summed E-state index contributed by atoms with van der Waals surface area (Å²) in [4.78, 5) is 25.6. The first-order valence-electron chi connectivity index (χ1n) is 4.17. The van der Waals surface area contributed by atoms with Crippen molar-refractivity contribution in [2.24, 2.45) is 16.5 Å². The van der Waals surface area contributed by atoms with Crippen LogP contribution in [-0.4, -0.2) is 33.1 Å². The molecule has 0 aliphatic rings. The van der Waals surface area contributed by atoms with Crippen molar-refractivity contribution in [3.63, 3.8) is 0 Å². The van der Waals surface area contributed by atoms with E-state index < -0.39 is 8.60 Å². The second kappa shape index (κ2) is 14.3. The van der Waals surface area contributed by atoms with E-state index >= 15 is 0 Å². The number of unbranched alkanes of at least 4 members (excludes halogenated alkanes) is 1. The Balaban J connectivity index is -0.000000292. The van der Waals surface area contributed by atoms with Gasteiger partial charge in [0.25, 0.3) is 0 Å². The number of hydrogen-bond acceptors (Lipinski definition) is 5. The van der Waals surface area contributed by atoms with Gasteiger partial charge in [0.05, 0.1) is 0 Å². The topological polar surface area (TPSA) is 161 Å². The van der Waals surface area contributed by atoms with Gasteiger partial charge in [-0.15, -0.1) is 12.4 Å². The summed E-state index contributed by atoms with van der Waals surface area (Å²) >= 11 is 0. The molecule has 0 aromatic carbocycles. The number of nitrogens with zero attached hydrogens (tertiary/aromatic N) is 1. The van der Waals surface area contributed by atoms with Crippen LogP contribution < -0.4 is 16.8 Å². The molecular formula is C6H19ClN5O3P. The van der Waals surface area contributed by atoms with E-state index in [4.69, 9.17) is 31.6 Å². The van der Waals surface area contributed by atoms with E-state index in [1.165, 1.54) is 0 Å². The van der Waals surface area contributed by atoms with Crippen LogP contribution in [0.25, 0.3) is 0 Å². The molecule has 0 fully saturated rings. The Morgan fingerprint density at radius 1 is 1.38 bits per heavy atom. The summed E-state index contributed by atoms with van der Waals surface area (Å²) in [5, 5.41) is 9.20. The molecule has 10 heteroatoms. The predicted molar refractivity (Wildman–Crippen MR) is 67.3 cm³/mol. The maximum Gasteiger partial charge on any atom is 0.324 e. The fraction of sp³-hybridized carbons (Fsp3) is 0.667. The molecule has 0 aromatic rings. The third kappa shape index (κ3) is 29.2. The Labute approximate surface area is 102 Å². The van der Waals surface area contributed by atoms with Gasteiger partial charge in [-0.3, -0.25) is 15.7 Å². The summed E-state index contributed by atoms with van der Waals surface area (Å²) in [6, 6.07) is 0. The zero-order chi connectivity index (χ0) is 12.3. The molecule has 0 aromatic heterocycles. The number of aliphatic imine (C=N–C) groups is 1. The number of guanidine groups is 2. The van der Waals surface area contributed by atoms with Gasteiger partial charge in [0.15, 0.2) is 11.9 Å². The molecule has 16 heavy (non-hydrogen) atoms. The van der Waals surface area contributed by atoms with Crippen LogP contribution in [0.4, 0.5) is 0 Å². The zero-order valence-corrected chi connectivity index (χ0v) is 10.6. The lowest BCUT2D eigenvalue weighted by atomic mass is 10.3. The maximum absolute atomic E-state index is 7.23. The molecule has 0 unspecified atom stereocenters. The molecule has 98 valence electrons. The highest BCUT2D eigenvalue weighted by molar-refractivity contribution is 7.38. The first-order valence-corrected chi connectivity index (χ1v) is 5.37. The molecule has 0 aliphatic heterocycles. The van der Waals surface area contributed by atoms with E-state index in [1.54, 1.807) is 0 Å². The Bertz CT molecular complexity index is 202. The summed E-state index contributed by atoms with van der Waals surface area (Å²) in [5.74, 6) is 0.0358. The lowest BCUT2D eigenvalue weighted by Gasteiger charge is -2.00. The van der Waals surface area contributed by atoms with Crippen LogP contribution in [-0.2, 0) is 0 Å². The summed E-state index contributed by atoms with van der Waals surface area (Å²) in [6.07, 6.45) is 2.08. The second-order valence-electron chi connectivity index (χ2n) is 2.43. The standard InChI is InChI=1S/C6H15N5.ClH.H3O3P/c1-2-3-4-10-6(9)11-5(7)8;;1-4(2)3/h2-4H2,1H3,(H6,7,8,9,10,11);1H;1-3H. The number of halogens is 1. The lowest BCUT2D eigenvalue weighted by molar-refractivity contribution is 0.368. The van der Waals surface area contributed by atoms with E-state index in [0.717, 1.165) is 12.8 Å². The Kier molecular flexibility index (Phi) is 18.6. The highest BCUT2D eigenvalue weighted by Gasteiger charge is 1.90. The SMILES string of the molecule is CCCCN=C(N)NC(=N)N.Cl.OP(O)O. The van der Waals surface area contributed by atoms with Crippen molar-refractivity contribution in [3.05, 3.63) is 0 Å². The van der Waals surface area contributed by atoms with Gasteiger partial charge in [-0.1, -0.05) is 13.3 Å². The highest BCUT2D eigenvalue weighted by Crippen LogP contribution is 2.11. The van der Waals surface area contributed by atoms with Crippen LogP contribution in [0, 0.1) is 5.41 Å². The average molecular weight is 276 g/mol. The van der Waals surface area contributed by atoms with Gasteiger partial charge in [0.2, 0.25) is 0 Å². The number of rotatable bonds is 3. The molecular weight excluding hydrogens is 257 g/mol. The van der Waals surface area contributed by atoms with Crippen molar-refractivity contribution >= 4 is 32.9 Å². The van der Waals surface area contributed by atoms with Crippen molar-refractivity contribution in [1.29, 1.82) is 5.41 Å². The van der Waals surface area contributed by atoms with Gasteiger partial charge >= 0.3 is 8.60 Å². The van der Waals surface area contributed by atoms with Crippen LogP contribution in [0.3, 0.4) is 0 Å². The summed E-state index contributed by atoms with van der Waals surface area (Å²) in [5.41, 5.74) is 10.3. The Hall–Kier alpha value is -0.660. The van der Waals surface area contributed by atoms with Gasteiger partial charge in [-0.25, -0.2) is 0 Å². The Morgan fingerprint density at radius 3 is 2.12 bits per heavy atom. The van der Waals surface area contributed by atoms with Gasteiger partial charge in [-0.05, 0) is 6.42 Å². The van der Waals surface area contributed by atoms with Gasteiger partial charge < -0.3 is 26.1 Å². The average Bonchev–Trinajstić information content (AvgIpc) is 2.02. The fourth-order valence-electron chi connectivity index (χ4n) is 0.535. The number of nitrogens with two attached hydrogens (primary N) is 2. The third-order valence-electron chi connectivity index (χ3n) is 1.06. The number of nitrogens with one attached hydrogen (secondary N) is 2. The molecule has 0 radical (unpaired) electrons. The fourth-order valence-corrected chi connectivity index (χ4v) is 0.535. The van der Waals surface area contributed by atoms with E-state index in [1.807, 2.05) is 0 Å². The molecule has 0 spiro atoms. The molecule has 0 saturated heterocycles. The second-order valence-corrected chi connectivity index (χ2v) is 2.96. The van der Waals surface area contributed by atoms with E-state index in [9.17, 15) is 0 Å². The number of hydrogen-bond donors (Lipinski definition) is 7. The third-order valence-corrected chi connectivity index (χ3v) is 1.06. The maximum atomic E-state index is 7.23. The molecule has 0 amide bonds. The largest absolute Gasteiger partial charge is 0.370 e. The first kappa shape index (κ1) is 20.7. The van der Waals surface area contributed by atoms with Gasteiger partial charge in [-0.2, -0.15) is 0 Å². The minimum Gasteiger partial charge on any atom is -0.370 e. The van der Waals surface area contributed by atoms with Crippen LogP contribution in [0.15, 0.2) is 4.99 Å². The van der Waals surface area contributed by atoms with Crippen LogP contribution >= 0.6 is 21.0 Å². The van der Waals surface area contributed by atoms with Crippen LogP contribution in [0.5, 0.6) is 0 Å². The van der Waals surface area contributed by atoms with E-state index in [0.29, 0.717) is 6.54 Å². The molecule has 0 atom stereocenters. The van der Waals surface area contributed by atoms with Crippen molar-refractivity contribution in [3.8, 4) is 0 Å². The van der Waals surface area contributed by atoms with Crippen LogP contribution in [0.1, 0.15) is 19.8 Å². The smallest absolute Gasteiger partial charge is 0.324 e. The molecule has 0 aliphatic carbocycles. The van der Waals surface area contributed by atoms with Crippen LogP contribution in [0.2, 0.25) is 0 Å². The summed E-state index contributed by atoms with van der Waals surface area (Å²) < 4.78 is 0. The summed E-state index contributed by atoms with van der Waals surface area (Å²) in [7, 11) is -2.62. The minimum absolute atomic E-state index is 0. The van der Waals surface area contributed by atoms with Crippen molar-refractivity contribution in [2.75, 3.05) is 6.54 Å². The molecule has 9 N–H and O–H groups in total. The molecule has 0 rings (SSSR count). The minimum atomic E-state index is -2.62. The zero-order valence-electron chi connectivity index (χ0n) is 8.92. The first-order chi connectivity index (χ1) is 6.90. The molecule has 0 saturated carbocycles. The van der Waals surface area contributed by atoms with Gasteiger partial charge in [0, 0.05) is 6.54 Å². The quantitative estimate of drug-likeness (QED) is 0.154. The van der Waals surface area contributed by atoms with E-state index in [-0.39, 0.29) is 24.3 Å². The van der Waals surface area contributed by atoms with E-state index in [2.05, 4.69) is 17.2 Å². The normalized spacial score (nSPS) is 9.94. The van der Waals surface area contributed by atoms with Crippen molar-refractivity contribution in [2.45, 2.75) is 19.8 Å². The molecule has 0 heterocycles. The van der Waals surface area contributed by atoms with Crippen molar-refractivity contribution < 1.29 is 14.7 Å². The van der Waals surface area contributed by atoms with Crippen molar-refractivity contribution in [1.82, 2.24) is 5.32 Å². The molecule has 0 bridgehead atoms. The monoisotopic (exact) mass is 275 g/mol. The van der Waals surface area contributed by atoms with Gasteiger partial charge in [0.1, 0.15) is 0 Å². The Morgan fingerprint density at radius 2 is 1.81 bits per heavy atom. The molecule has 8 nitrogen and oxygen atoms in total. The highest BCUT2D eigenvalue weighted by atomic mass is 35.5.